The predicted octanol–water partition coefficient (Wildman–Crippen LogP) is 2.99. The van der Waals surface area contributed by atoms with E-state index >= 15 is 0 Å². The van der Waals surface area contributed by atoms with Gasteiger partial charge in [-0.05, 0) is 57.9 Å². The van der Waals surface area contributed by atoms with E-state index in [1.807, 2.05) is 0 Å². The van der Waals surface area contributed by atoms with E-state index in [4.69, 9.17) is 0 Å². The number of hydrogen-bond donors (Lipinski definition) is 1. The van der Waals surface area contributed by atoms with Crippen molar-refractivity contribution in [2.75, 3.05) is 26.7 Å². The molecule has 0 saturated carbocycles. The van der Waals surface area contributed by atoms with Crippen molar-refractivity contribution in [3.63, 3.8) is 0 Å². The van der Waals surface area contributed by atoms with Crippen molar-refractivity contribution in [2.24, 2.45) is 5.92 Å². The second kappa shape index (κ2) is 6.35. The Morgan fingerprint density at radius 1 is 1.39 bits per heavy atom. The highest BCUT2D eigenvalue weighted by molar-refractivity contribution is 5.26. The fraction of sp³-hybridized carbons (Fsp3) is 0.625. The van der Waals surface area contributed by atoms with Crippen LogP contribution in [0.1, 0.15) is 36.9 Å². The summed E-state index contributed by atoms with van der Waals surface area (Å²) in [4.78, 5) is 2.64. The Kier molecular flexibility index (Phi) is 4.79. The SMILES string of the molecule is CCN1CCCC(CNC)C1c1cccc(C)c1. The average molecular weight is 246 g/mol. The van der Waals surface area contributed by atoms with Gasteiger partial charge in [-0.1, -0.05) is 36.8 Å². The highest BCUT2D eigenvalue weighted by Crippen LogP contribution is 2.35. The number of nitrogens with zero attached hydrogens (tertiary/aromatic N) is 1. The summed E-state index contributed by atoms with van der Waals surface area (Å²) in [5, 5.41) is 3.37. The number of piperidine rings is 1. The molecular formula is C16H26N2. The van der Waals surface area contributed by atoms with Crippen LogP contribution in [0.3, 0.4) is 0 Å². The lowest BCUT2D eigenvalue weighted by atomic mass is 9.84. The second-order valence-corrected chi connectivity index (χ2v) is 5.45. The Labute approximate surface area is 111 Å². The van der Waals surface area contributed by atoms with Gasteiger partial charge in [-0.15, -0.1) is 0 Å². The molecule has 1 saturated heterocycles. The summed E-state index contributed by atoms with van der Waals surface area (Å²) >= 11 is 0. The molecule has 2 rings (SSSR count). The van der Waals surface area contributed by atoms with Crippen LogP contribution in [0.25, 0.3) is 0 Å². The third kappa shape index (κ3) is 2.93. The first kappa shape index (κ1) is 13.6. The molecule has 0 aromatic heterocycles. The van der Waals surface area contributed by atoms with Crippen LogP contribution in [-0.2, 0) is 0 Å². The first-order chi connectivity index (χ1) is 8.76. The zero-order valence-corrected chi connectivity index (χ0v) is 11.9. The lowest BCUT2D eigenvalue weighted by Gasteiger charge is -2.41. The van der Waals surface area contributed by atoms with Crippen molar-refractivity contribution < 1.29 is 0 Å². The molecule has 1 N–H and O–H groups in total. The van der Waals surface area contributed by atoms with E-state index in [-0.39, 0.29) is 0 Å². The van der Waals surface area contributed by atoms with Crippen LogP contribution < -0.4 is 5.32 Å². The molecule has 0 bridgehead atoms. The standard InChI is InChI=1S/C16H26N2/c1-4-18-10-6-9-15(12-17-3)16(18)14-8-5-7-13(2)11-14/h5,7-8,11,15-17H,4,6,9-10,12H2,1-3H3. The van der Waals surface area contributed by atoms with E-state index in [1.54, 1.807) is 0 Å². The van der Waals surface area contributed by atoms with Gasteiger partial charge in [0.2, 0.25) is 0 Å². The third-order valence-corrected chi connectivity index (χ3v) is 4.12. The van der Waals surface area contributed by atoms with Gasteiger partial charge in [-0.25, -0.2) is 0 Å². The molecule has 1 aliphatic rings. The minimum absolute atomic E-state index is 0.594. The van der Waals surface area contributed by atoms with Gasteiger partial charge in [-0.2, -0.15) is 0 Å². The summed E-state index contributed by atoms with van der Waals surface area (Å²) in [6, 6.07) is 9.64. The molecule has 0 radical (unpaired) electrons. The minimum Gasteiger partial charge on any atom is -0.319 e. The smallest absolute Gasteiger partial charge is 0.0388 e. The van der Waals surface area contributed by atoms with E-state index in [2.05, 4.69) is 55.4 Å². The lowest BCUT2D eigenvalue weighted by molar-refractivity contribution is 0.0982. The summed E-state index contributed by atoms with van der Waals surface area (Å²) in [5.41, 5.74) is 2.87. The molecule has 0 amide bonds. The molecule has 2 nitrogen and oxygen atoms in total. The van der Waals surface area contributed by atoms with Gasteiger partial charge in [0.25, 0.3) is 0 Å². The number of hydrogen-bond acceptors (Lipinski definition) is 2. The van der Waals surface area contributed by atoms with Crippen molar-refractivity contribution >= 4 is 0 Å². The van der Waals surface area contributed by atoms with Gasteiger partial charge in [0, 0.05) is 6.04 Å². The summed E-state index contributed by atoms with van der Waals surface area (Å²) in [5.74, 6) is 0.741. The summed E-state index contributed by atoms with van der Waals surface area (Å²) in [7, 11) is 2.07. The Morgan fingerprint density at radius 3 is 2.89 bits per heavy atom. The van der Waals surface area contributed by atoms with Crippen LogP contribution in [0.15, 0.2) is 24.3 Å². The van der Waals surface area contributed by atoms with Crippen molar-refractivity contribution in [2.45, 2.75) is 32.7 Å². The largest absolute Gasteiger partial charge is 0.319 e. The number of benzene rings is 1. The van der Waals surface area contributed by atoms with Crippen molar-refractivity contribution in [1.29, 1.82) is 0 Å². The van der Waals surface area contributed by atoms with Gasteiger partial charge >= 0.3 is 0 Å². The van der Waals surface area contributed by atoms with Gasteiger partial charge in [0.1, 0.15) is 0 Å². The first-order valence-electron chi connectivity index (χ1n) is 7.21. The number of rotatable bonds is 4. The molecule has 1 heterocycles. The van der Waals surface area contributed by atoms with Gasteiger partial charge in [0.15, 0.2) is 0 Å². The van der Waals surface area contributed by atoms with E-state index in [0.29, 0.717) is 6.04 Å². The highest BCUT2D eigenvalue weighted by Gasteiger charge is 2.31. The molecular weight excluding hydrogens is 220 g/mol. The maximum atomic E-state index is 3.37. The van der Waals surface area contributed by atoms with Crippen LogP contribution in [-0.4, -0.2) is 31.6 Å². The molecule has 18 heavy (non-hydrogen) atoms. The van der Waals surface area contributed by atoms with Crippen LogP contribution in [0, 0.1) is 12.8 Å². The van der Waals surface area contributed by atoms with Crippen molar-refractivity contribution in [3.8, 4) is 0 Å². The summed E-state index contributed by atoms with van der Waals surface area (Å²) in [6.45, 7) is 7.99. The van der Waals surface area contributed by atoms with Crippen LogP contribution in [0.5, 0.6) is 0 Å². The minimum atomic E-state index is 0.594. The second-order valence-electron chi connectivity index (χ2n) is 5.45. The number of aryl methyl sites for hydroxylation is 1. The summed E-state index contributed by atoms with van der Waals surface area (Å²) < 4.78 is 0. The molecule has 2 atom stereocenters. The van der Waals surface area contributed by atoms with Crippen LogP contribution in [0.2, 0.25) is 0 Å². The topological polar surface area (TPSA) is 15.3 Å². The Morgan fingerprint density at radius 2 is 2.22 bits per heavy atom. The van der Waals surface area contributed by atoms with E-state index in [9.17, 15) is 0 Å². The summed E-state index contributed by atoms with van der Waals surface area (Å²) in [6.07, 6.45) is 2.68. The molecule has 1 aromatic carbocycles. The molecule has 1 aliphatic heterocycles. The van der Waals surface area contributed by atoms with Gasteiger partial charge < -0.3 is 5.32 Å². The molecule has 1 fully saturated rings. The molecule has 0 aliphatic carbocycles. The van der Waals surface area contributed by atoms with E-state index in [1.165, 1.54) is 30.5 Å². The van der Waals surface area contributed by atoms with E-state index in [0.717, 1.165) is 19.0 Å². The fourth-order valence-corrected chi connectivity index (χ4v) is 3.32. The maximum Gasteiger partial charge on any atom is 0.0388 e. The van der Waals surface area contributed by atoms with Gasteiger partial charge in [0.05, 0.1) is 0 Å². The number of likely N-dealkylation sites (tertiary alicyclic amines) is 1. The molecule has 2 unspecified atom stereocenters. The van der Waals surface area contributed by atoms with Gasteiger partial charge in [-0.3, -0.25) is 4.90 Å². The zero-order valence-electron chi connectivity index (χ0n) is 11.9. The average Bonchev–Trinajstić information content (AvgIpc) is 2.38. The quantitative estimate of drug-likeness (QED) is 0.878. The fourth-order valence-electron chi connectivity index (χ4n) is 3.32. The molecule has 1 aromatic rings. The molecule has 0 spiro atoms. The number of nitrogens with one attached hydrogen (secondary N) is 1. The van der Waals surface area contributed by atoms with Crippen molar-refractivity contribution in [1.82, 2.24) is 10.2 Å². The normalized spacial score (nSPS) is 25.3. The van der Waals surface area contributed by atoms with Crippen LogP contribution >= 0.6 is 0 Å². The predicted molar refractivity (Wildman–Crippen MR) is 77.8 cm³/mol. The zero-order chi connectivity index (χ0) is 13.0. The van der Waals surface area contributed by atoms with Crippen molar-refractivity contribution in [3.05, 3.63) is 35.4 Å². The third-order valence-electron chi connectivity index (χ3n) is 4.12. The highest BCUT2D eigenvalue weighted by atomic mass is 15.2. The Hall–Kier alpha value is -0.860. The van der Waals surface area contributed by atoms with E-state index < -0.39 is 0 Å². The molecule has 100 valence electrons. The maximum absolute atomic E-state index is 3.37. The Bertz CT molecular complexity index is 373. The molecule has 2 heteroatoms. The first-order valence-corrected chi connectivity index (χ1v) is 7.21. The van der Waals surface area contributed by atoms with Crippen LogP contribution in [0.4, 0.5) is 0 Å². The monoisotopic (exact) mass is 246 g/mol. The lowest BCUT2D eigenvalue weighted by Crippen LogP contribution is -2.42. The Balaban J connectivity index is 2.27.